The van der Waals surface area contributed by atoms with Gasteiger partial charge < -0.3 is 0 Å². The second-order valence-corrected chi connectivity index (χ2v) is 10.1. The molecule has 3 nitrogen and oxygen atoms in total. The second kappa shape index (κ2) is 5.36. The summed E-state index contributed by atoms with van der Waals surface area (Å²) in [5.74, 6) is 0. The van der Waals surface area contributed by atoms with Gasteiger partial charge in [-0.15, -0.1) is 0 Å². The molecule has 0 saturated carbocycles. The number of rotatable bonds is 4. The highest BCUT2D eigenvalue weighted by Crippen LogP contribution is 2.24. The van der Waals surface area contributed by atoms with Crippen molar-refractivity contribution in [3.63, 3.8) is 0 Å². The van der Waals surface area contributed by atoms with Gasteiger partial charge in [0.25, 0.3) is 0 Å². The van der Waals surface area contributed by atoms with Crippen LogP contribution < -0.4 is 4.72 Å². The Balaban J connectivity index is 4.28. The van der Waals surface area contributed by atoms with Crippen molar-refractivity contribution in [3.05, 3.63) is 0 Å². The van der Waals surface area contributed by atoms with Crippen molar-refractivity contribution in [1.82, 2.24) is 4.72 Å². The zero-order valence-electron chi connectivity index (χ0n) is 11.1. The smallest absolute Gasteiger partial charge is 0.214 e. The van der Waals surface area contributed by atoms with Gasteiger partial charge >= 0.3 is 0 Å². The highest BCUT2D eigenvalue weighted by atomic mass is 79.9. The molecule has 1 N–H and O–H groups in total. The number of sulfonamides is 1. The topological polar surface area (TPSA) is 46.2 Å². The predicted molar refractivity (Wildman–Crippen MR) is 73.5 cm³/mol. The van der Waals surface area contributed by atoms with Crippen LogP contribution in [0.3, 0.4) is 0 Å². The fourth-order valence-corrected chi connectivity index (χ4v) is 3.35. The van der Waals surface area contributed by atoms with Gasteiger partial charge in [-0.25, -0.2) is 13.1 Å². The lowest BCUT2D eigenvalue weighted by Gasteiger charge is -2.24. The maximum absolute atomic E-state index is 11.8. The summed E-state index contributed by atoms with van der Waals surface area (Å²) in [5.41, 5.74) is 0.196. The highest BCUT2D eigenvalue weighted by Gasteiger charge is 2.29. The molecule has 5 heteroatoms. The van der Waals surface area contributed by atoms with Crippen molar-refractivity contribution in [3.8, 4) is 0 Å². The van der Waals surface area contributed by atoms with E-state index in [1.807, 2.05) is 0 Å². The lowest BCUT2D eigenvalue weighted by Crippen LogP contribution is -2.42. The van der Waals surface area contributed by atoms with Gasteiger partial charge in [0, 0.05) is 11.4 Å². The second-order valence-electron chi connectivity index (χ2n) is 6.33. The fraction of sp³-hybridized carbons (Fsp3) is 1.00. The van der Waals surface area contributed by atoms with Crippen molar-refractivity contribution in [2.45, 2.75) is 57.5 Å². The maximum Gasteiger partial charge on any atom is 0.216 e. The Hall–Kier alpha value is 0.390. The summed E-state index contributed by atoms with van der Waals surface area (Å²) < 4.78 is 25.5. The third-order valence-corrected chi connectivity index (χ3v) is 4.94. The van der Waals surface area contributed by atoms with Crippen LogP contribution in [-0.2, 0) is 10.0 Å². The standard InChI is InChI=1S/C11H24BrNO2S/c1-10(2,3)7-9(12)8-13-16(14,15)11(4,5)6/h9,13H,7-8H2,1-6H3. The van der Waals surface area contributed by atoms with Crippen molar-refractivity contribution >= 4 is 26.0 Å². The summed E-state index contributed by atoms with van der Waals surface area (Å²) in [6.07, 6.45) is 0.930. The fourth-order valence-electron chi connectivity index (χ4n) is 1.15. The van der Waals surface area contributed by atoms with Crippen LogP contribution in [-0.4, -0.2) is 24.5 Å². The first kappa shape index (κ1) is 16.4. The maximum atomic E-state index is 11.8. The van der Waals surface area contributed by atoms with E-state index in [0.717, 1.165) is 6.42 Å². The Kier molecular flexibility index (Phi) is 5.49. The minimum atomic E-state index is -3.23. The highest BCUT2D eigenvalue weighted by molar-refractivity contribution is 9.09. The summed E-state index contributed by atoms with van der Waals surface area (Å²) >= 11 is 3.51. The van der Waals surface area contributed by atoms with Crippen LogP contribution in [0.4, 0.5) is 0 Å². The molecule has 98 valence electrons. The van der Waals surface area contributed by atoms with Gasteiger partial charge in [0.2, 0.25) is 10.0 Å². The van der Waals surface area contributed by atoms with Crippen LogP contribution in [0.5, 0.6) is 0 Å². The minimum Gasteiger partial charge on any atom is -0.214 e. The minimum absolute atomic E-state index is 0.171. The lowest BCUT2D eigenvalue weighted by atomic mass is 9.91. The molecule has 0 aromatic heterocycles. The molecule has 0 aliphatic carbocycles. The van der Waals surface area contributed by atoms with Crippen LogP contribution >= 0.6 is 15.9 Å². The van der Waals surface area contributed by atoms with Crippen molar-refractivity contribution < 1.29 is 8.42 Å². The first-order valence-corrected chi connectivity index (χ1v) is 7.88. The molecule has 0 amide bonds. The van der Waals surface area contributed by atoms with E-state index >= 15 is 0 Å². The molecule has 0 saturated heterocycles. The first-order chi connectivity index (χ1) is 6.85. The van der Waals surface area contributed by atoms with Gasteiger partial charge in [0.05, 0.1) is 4.75 Å². The summed E-state index contributed by atoms with van der Waals surface area (Å²) in [4.78, 5) is 0.171. The monoisotopic (exact) mass is 313 g/mol. The molecular formula is C11H24BrNO2S. The van der Waals surface area contributed by atoms with Crippen LogP contribution in [0.1, 0.15) is 48.0 Å². The zero-order chi connectivity index (χ0) is 13.2. The molecule has 0 radical (unpaired) electrons. The van der Waals surface area contributed by atoms with E-state index in [1.54, 1.807) is 20.8 Å². The van der Waals surface area contributed by atoms with Gasteiger partial charge in [-0.1, -0.05) is 36.7 Å². The van der Waals surface area contributed by atoms with Crippen LogP contribution in [0, 0.1) is 5.41 Å². The molecule has 0 aliphatic heterocycles. The van der Waals surface area contributed by atoms with Crippen LogP contribution in [0.25, 0.3) is 0 Å². The molecule has 0 heterocycles. The van der Waals surface area contributed by atoms with E-state index in [-0.39, 0.29) is 10.2 Å². The molecule has 0 aromatic rings. The van der Waals surface area contributed by atoms with Crippen molar-refractivity contribution in [2.24, 2.45) is 5.41 Å². The van der Waals surface area contributed by atoms with Gasteiger partial charge in [-0.3, -0.25) is 0 Å². The molecule has 0 fully saturated rings. The van der Waals surface area contributed by atoms with E-state index in [9.17, 15) is 8.42 Å². The van der Waals surface area contributed by atoms with Gasteiger partial charge in [-0.05, 0) is 32.6 Å². The molecule has 0 rings (SSSR count). The third kappa shape index (κ3) is 6.21. The van der Waals surface area contributed by atoms with Crippen molar-refractivity contribution in [2.75, 3.05) is 6.54 Å². The van der Waals surface area contributed by atoms with Crippen LogP contribution in [0.15, 0.2) is 0 Å². The van der Waals surface area contributed by atoms with E-state index in [1.165, 1.54) is 0 Å². The number of alkyl halides is 1. The Morgan fingerprint density at radius 3 is 1.88 bits per heavy atom. The summed E-state index contributed by atoms with van der Waals surface area (Å²) in [6, 6.07) is 0. The summed E-state index contributed by atoms with van der Waals surface area (Å²) in [5, 5.41) is 0. The molecule has 0 spiro atoms. The van der Waals surface area contributed by atoms with Gasteiger partial charge in [0.1, 0.15) is 0 Å². The number of hydrogen-bond acceptors (Lipinski definition) is 2. The number of hydrogen-bond donors (Lipinski definition) is 1. The Morgan fingerprint density at radius 2 is 1.56 bits per heavy atom. The van der Waals surface area contributed by atoms with E-state index in [4.69, 9.17) is 0 Å². The average Bonchev–Trinajstić information content (AvgIpc) is 1.95. The largest absolute Gasteiger partial charge is 0.216 e. The van der Waals surface area contributed by atoms with E-state index in [2.05, 4.69) is 41.4 Å². The Morgan fingerprint density at radius 1 is 1.12 bits per heavy atom. The molecule has 16 heavy (non-hydrogen) atoms. The molecule has 0 bridgehead atoms. The molecule has 1 unspecified atom stereocenters. The van der Waals surface area contributed by atoms with Crippen molar-refractivity contribution in [1.29, 1.82) is 0 Å². The Labute approximate surface area is 109 Å². The SMILES string of the molecule is CC(C)(C)CC(Br)CNS(=O)(=O)C(C)(C)C. The zero-order valence-corrected chi connectivity index (χ0v) is 13.5. The molecular weight excluding hydrogens is 290 g/mol. The lowest BCUT2D eigenvalue weighted by molar-refractivity contribution is 0.373. The van der Waals surface area contributed by atoms with E-state index in [0.29, 0.717) is 6.54 Å². The first-order valence-electron chi connectivity index (χ1n) is 5.48. The summed E-state index contributed by atoms with van der Waals surface area (Å²) in [7, 11) is -3.23. The molecule has 1 atom stereocenters. The van der Waals surface area contributed by atoms with E-state index < -0.39 is 14.8 Å². The van der Waals surface area contributed by atoms with Gasteiger partial charge in [0.15, 0.2) is 0 Å². The normalized spacial score (nSPS) is 16.2. The van der Waals surface area contributed by atoms with Crippen LogP contribution in [0.2, 0.25) is 0 Å². The molecule has 0 aromatic carbocycles. The Bertz CT molecular complexity index is 312. The molecule has 0 aliphatic rings. The number of nitrogens with one attached hydrogen (secondary N) is 1. The third-order valence-electron chi connectivity index (χ3n) is 2.13. The quantitative estimate of drug-likeness (QED) is 0.811. The predicted octanol–water partition coefficient (Wildman–Crippen LogP) is 2.90. The van der Waals surface area contributed by atoms with Gasteiger partial charge in [-0.2, -0.15) is 0 Å². The number of halogens is 1. The average molecular weight is 314 g/mol. The summed E-state index contributed by atoms with van der Waals surface area (Å²) in [6.45, 7) is 11.9.